The number of rotatable bonds is 4. The molecule has 0 bridgehead atoms. The minimum atomic E-state index is 0.645. The number of aryl methyl sites for hydroxylation is 1. The molecule has 1 aromatic carbocycles. The first-order valence-corrected chi connectivity index (χ1v) is 7.28. The van der Waals surface area contributed by atoms with Crippen LogP contribution in [0.4, 0.5) is 5.69 Å². The monoisotopic (exact) mass is 246 g/mol. The van der Waals surface area contributed by atoms with Crippen LogP contribution in [0.1, 0.15) is 39.2 Å². The molecule has 0 aliphatic carbocycles. The predicted octanol–water partition coefficient (Wildman–Crippen LogP) is 3.53. The summed E-state index contributed by atoms with van der Waals surface area (Å²) in [5.74, 6) is 0. The summed E-state index contributed by atoms with van der Waals surface area (Å²) in [5, 5.41) is 3.69. The maximum Gasteiger partial charge on any atom is 0.0345 e. The first kappa shape index (κ1) is 13.4. The molecule has 1 aliphatic rings. The summed E-state index contributed by atoms with van der Waals surface area (Å²) >= 11 is 0. The average Bonchev–Trinajstić information content (AvgIpc) is 2.39. The second-order valence-electron chi connectivity index (χ2n) is 5.60. The van der Waals surface area contributed by atoms with Crippen LogP contribution in [0.3, 0.4) is 0 Å². The number of nitrogens with one attached hydrogen (secondary N) is 1. The summed E-state index contributed by atoms with van der Waals surface area (Å²) in [6, 6.07) is 10.2. The first-order chi connectivity index (χ1) is 8.69. The molecular formula is C16H26N2. The highest BCUT2D eigenvalue weighted by Crippen LogP contribution is 2.19. The maximum absolute atomic E-state index is 3.69. The Morgan fingerprint density at radius 1 is 1.28 bits per heavy atom. The summed E-state index contributed by atoms with van der Waals surface area (Å²) in [6.45, 7) is 9.24. The number of benzene rings is 1. The first-order valence-electron chi connectivity index (χ1n) is 7.28. The molecule has 2 nitrogen and oxygen atoms in total. The van der Waals surface area contributed by atoms with Crippen molar-refractivity contribution in [1.29, 1.82) is 0 Å². The van der Waals surface area contributed by atoms with E-state index in [1.807, 2.05) is 0 Å². The van der Waals surface area contributed by atoms with Gasteiger partial charge in [-0.15, -0.1) is 0 Å². The summed E-state index contributed by atoms with van der Waals surface area (Å²) in [7, 11) is 0. The van der Waals surface area contributed by atoms with Crippen LogP contribution < -0.4 is 5.32 Å². The van der Waals surface area contributed by atoms with Gasteiger partial charge in [-0.1, -0.05) is 19.1 Å². The van der Waals surface area contributed by atoms with E-state index in [0.717, 1.165) is 6.42 Å². The molecule has 18 heavy (non-hydrogen) atoms. The molecule has 1 heterocycles. The van der Waals surface area contributed by atoms with Crippen molar-refractivity contribution < 1.29 is 0 Å². The van der Waals surface area contributed by atoms with Crippen molar-refractivity contribution in [3.8, 4) is 0 Å². The fourth-order valence-electron chi connectivity index (χ4n) is 2.68. The van der Waals surface area contributed by atoms with Crippen LogP contribution in [0.2, 0.25) is 0 Å². The number of nitrogens with zero attached hydrogens (tertiary/aromatic N) is 1. The molecule has 0 amide bonds. The molecule has 0 atom stereocenters. The SMILES string of the molecule is CCc1cccc(NC2CCN(C(C)C)CC2)c1. The zero-order chi connectivity index (χ0) is 13.0. The van der Waals surface area contributed by atoms with E-state index in [1.165, 1.54) is 37.2 Å². The molecular weight excluding hydrogens is 220 g/mol. The topological polar surface area (TPSA) is 15.3 Å². The van der Waals surface area contributed by atoms with Crippen molar-refractivity contribution in [2.45, 2.75) is 52.1 Å². The van der Waals surface area contributed by atoms with E-state index in [0.29, 0.717) is 12.1 Å². The van der Waals surface area contributed by atoms with E-state index < -0.39 is 0 Å². The summed E-state index contributed by atoms with van der Waals surface area (Å²) in [6.07, 6.45) is 3.63. The molecule has 2 heteroatoms. The normalized spacial score (nSPS) is 18.2. The van der Waals surface area contributed by atoms with Crippen molar-refractivity contribution in [2.75, 3.05) is 18.4 Å². The van der Waals surface area contributed by atoms with E-state index >= 15 is 0 Å². The van der Waals surface area contributed by atoms with Crippen molar-refractivity contribution in [3.63, 3.8) is 0 Å². The van der Waals surface area contributed by atoms with E-state index in [9.17, 15) is 0 Å². The van der Waals surface area contributed by atoms with Crippen LogP contribution in [-0.2, 0) is 6.42 Å². The Labute approximate surface area is 111 Å². The van der Waals surface area contributed by atoms with Gasteiger partial charge in [-0.3, -0.25) is 0 Å². The third-order valence-corrected chi connectivity index (χ3v) is 3.97. The lowest BCUT2D eigenvalue weighted by atomic mass is 10.0. The van der Waals surface area contributed by atoms with Gasteiger partial charge in [-0.25, -0.2) is 0 Å². The second kappa shape index (κ2) is 6.24. The lowest BCUT2D eigenvalue weighted by Crippen LogP contribution is -2.42. The smallest absolute Gasteiger partial charge is 0.0345 e. The number of piperidine rings is 1. The Morgan fingerprint density at radius 3 is 2.61 bits per heavy atom. The van der Waals surface area contributed by atoms with Crippen molar-refractivity contribution >= 4 is 5.69 Å². The second-order valence-corrected chi connectivity index (χ2v) is 5.60. The maximum atomic E-state index is 3.69. The Balaban J connectivity index is 1.87. The van der Waals surface area contributed by atoms with Gasteiger partial charge in [0.1, 0.15) is 0 Å². The molecule has 0 spiro atoms. The quantitative estimate of drug-likeness (QED) is 0.874. The highest BCUT2D eigenvalue weighted by Gasteiger charge is 2.20. The average molecular weight is 246 g/mol. The highest BCUT2D eigenvalue weighted by atomic mass is 15.2. The van der Waals surface area contributed by atoms with Gasteiger partial charge >= 0.3 is 0 Å². The van der Waals surface area contributed by atoms with Gasteiger partial charge in [0, 0.05) is 30.9 Å². The lowest BCUT2D eigenvalue weighted by Gasteiger charge is -2.35. The third kappa shape index (κ3) is 3.49. The Kier molecular flexibility index (Phi) is 4.65. The summed E-state index contributed by atoms with van der Waals surface area (Å²) in [4.78, 5) is 2.57. The van der Waals surface area contributed by atoms with Crippen molar-refractivity contribution in [3.05, 3.63) is 29.8 Å². The molecule has 0 unspecified atom stereocenters. The molecule has 0 radical (unpaired) electrons. The van der Waals surface area contributed by atoms with Crippen LogP contribution >= 0.6 is 0 Å². The highest BCUT2D eigenvalue weighted by molar-refractivity contribution is 5.46. The molecule has 1 aliphatic heterocycles. The number of anilines is 1. The van der Waals surface area contributed by atoms with Gasteiger partial charge in [0.25, 0.3) is 0 Å². The molecule has 0 aromatic heterocycles. The van der Waals surface area contributed by atoms with Gasteiger partial charge in [-0.2, -0.15) is 0 Å². The zero-order valence-corrected chi connectivity index (χ0v) is 11.9. The molecule has 1 aromatic rings. The Bertz CT molecular complexity index is 365. The number of hydrogen-bond donors (Lipinski definition) is 1. The number of likely N-dealkylation sites (tertiary alicyclic amines) is 1. The molecule has 1 N–H and O–H groups in total. The van der Waals surface area contributed by atoms with Gasteiger partial charge < -0.3 is 10.2 Å². The Morgan fingerprint density at radius 2 is 2.00 bits per heavy atom. The minimum absolute atomic E-state index is 0.645. The molecule has 0 saturated carbocycles. The minimum Gasteiger partial charge on any atom is -0.382 e. The Hall–Kier alpha value is -1.02. The van der Waals surface area contributed by atoms with Crippen molar-refractivity contribution in [1.82, 2.24) is 4.90 Å². The fourth-order valence-corrected chi connectivity index (χ4v) is 2.68. The van der Waals surface area contributed by atoms with Gasteiger partial charge in [0.15, 0.2) is 0 Å². The van der Waals surface area contributed by atoms with E-state index in [-0.39, 0.29) is 0 Å². The molecule has 1 saturated heterocycles. The summed E-state index contributed by atoms with van der Waals surface area (Å²) < 4.78 is 0. The van der Waals surface area contributed by atoms with Crippen LogP contribution in [-0.4, -0.2) is 30.1 Å². The largest absolute Gasteiger partial charge is 0.382 e. The van der Waals surface area contributed by atoms with Crippen molar-refractivity contribution in [2.24, 2.45) is 0 Å². The molecule has 100 valence electrons. The van der Waals surface area contributed by atoms with Crippen LogP contribution in [0, 0.1) is 0 Å². The standard InChI is InChI=1S/C16H26N2/c1-4-14-6-5-7-16(12-14)17-15-8-10-18(11-9-15)13(2)3/h5-7,12-13,15,17H,4,8-11H2,1-3H3. The molecule has 1 fully saturated rings. The number of hydrogen-bond acceptors (Lipinski definition) is 2. The van der Waals surface area contributed by atoms with Crippen LogP contribution in [0.5, 0.6) is 0 Å². The van der Waals surface area contributed by atoms with Crippen LogP contribution in [0.15, 0.2) is 24.3 Å². The van der Waals surface area contributed by atoms with Crippen LogP contribution in [0.25, 0.3) is 0 Å². The van der Waals surface area contributed by atoms with E-state index in [4.69, 9.17) is 0 Å². The summed E-state index contributed by atoms with van der Waals surface area (Å²) in [5.41, 5.74) is 2.71. The zero-order valence-electron chi connectivity index (χ0n) is 11.9. The van der Waals surface area contributed by atoms with Gasteiger partial charge in [0.2, 0.25) is 0 Å². The van der Waals surface area contributed by atoms with Gasteiger partial charge in [-0.05, 0) is 50.8 Å². The van der Waals surface area contributed by atoms with E-state index in [1.54, 1.807) is 0 Å². The predicted molar refractivity (Wildman–Crippen MR) is 79.2 cm³/mol. The van der Waals surface area contributed by atoms with Gasteiger partial charge in [0.05, 0.1) is 0 Å². The molecule has 2 rings (SSSR count). The fraction of sp³-hybridized carbons (Fsp3) is 0.625. The third-order valence-electron chi connectivity index (χ3n) is 3.97. The lowest BCUT2D eigenvalue weighted by molar-refractivity contribution is 0.177. The van der Waals surface area contributed by atoms with E-state index in [2.05, 4.69) is 55.3 Å².